The average Bonchev–Trinajstić information content (AvgIpc) is 2.56. The highest BCUT2D eigenvalue weighted by molar-refractivity contribution is 6.35. The van der Waals surface area contributed by atoms with Crippen LogP contribution in [0.2, 0.25) is 5.02 Å². The van der Waals surface area contributed by atoms with Crippen molar-refractivity contribution in [2.24, 2.45) is 0 Å². The number of hydrogen-bond acceptors (Lipinski definition) is 3. The Morgan fingerprint density at radius 3 is 2.88 bits per heavy atom. The summed E-state index contributed by atoms with van der Waals surface area (Å²) in [5.41, 5.74) is 7.11. The summed E-state index contributed by atoms with van der Waals surface area (Å²) in [5.74, 6) is 0.0166. The van der Waals surface area contributed by atoms with E-state index < -0.39 is 0 Å². The van der Waals surface area contributed by atoms with Gasteiger partial charge in [0, 0.05) is 6.04 Å². The topological polar surface area (TPSA) is 83.8 Å². The van der Waals surface area contributed by atoms with Crippen molar-refractivity contribution in [1.82, 2.24) is 15.3 Å². The number of benzene rings is 1. The zero-order chi connectivity index (χ0) is 12.6. The summed E-state index contributed by atoms with van der Waals surface area (Å²) in [6, 6.07) is 3.43. The van der Waals surface area contributed by atoms with Gasteiger partial charge in [-0.15, -0.1) is 0 Å². The van der Waals surface area contributed by atoms with Crippen LogP contribution >= 0.6 is 11.6 Å². The lowest BCUT2D eigenvalue weighted by Gasteiger charge is -2.09. The van der Waals surface area contributed by atoms with E-state index in [1.54, 1.807) is 12.1 Å². The van der Waals surface area contributed by atoms with Gasteiger partial charge in [0.05, 0.1) is 16.1 Å². The van der Waals surface area contributed by atoms with Gasteiger partial charge in [0.2, 0.25) is 0 Å². The van der Waals surface area contributed by atoms with Gasteiger partial charge < -0.3 is 16.0 Å². The first-order valence-electron chi connectivity index (χ1n) is 5.23. The lowest BCUT2D eigenvalue weighted by molar-refractivity contribution is 0.0945. The van der Waals surface area contributed by atoms with E-state index in [-0.39, 0.29) is 17.9 Å². The number of imidazole rings is 1. The SMILES string of the molecule is CC(C)NC(=O)c1c(Cl)ccc2[nH]c(N)nc12. The van der Waals surface area contributed by atoms with Crippen LogP contribution in [0.3, 0.4) is 0 Å². The smallest absolute Gasteiger partial charge is 0.255 e. The van der Waals surface area contributed by atoms with Gasteiger partial charge in [-0.2, -0.15) is 0 Å². The van der Waals surface area contributed by atoms with Gasteiger partial charge in [0.25, 0.3) is 5.91 Å². The fourth-order valence-corrected chi connectivity index (χ4v) is 1.86. The molecule has 0 bridgehead atoms. The van der Waals surface area contributed by atoms with Crippen LogP contribution in [0.4, 0.5) is 5.95 Å². The summed E-state index contributed by atoms with van der Waals surface area (Å²) in [6.45, 7) is 3.76. The second-order valence-corrected chi connectivity index (χ2v) is 4.48. The molecular formula is C11H13ClN4O. The molecule has 0 saturated heterocycles. The molecule has 5 nitrogen and oxygen atoms in total. The Labute approximate surface area is 103 Å². The first kappa shape index (κ1) is 11.7. The van der Waals surface area contributed by atoms with Crippen molar-refractivity contribution < 1.29 is 4.79 Å². The Bertz CT molecular complexity index is 576. The number of halogens is 1. The molecule has 2 aromatic rings. The van der Waals surface area contributed by atoms with Gasteiger partial charge in [-0.25, -0.2) is 4.98 Å². The lowest BCUT2D eigenvalue weighted by Crippen LogP contribution is -2.30. The average molecular weight is 253 g/mol. The summed E-state index contributed by atoms with van der Waals surface area (Å²) in [5, 5.41) is 3.15. The highest BCUT2D eigenvalue weighted by Crippen LogP contribution is 2.25. The third-order valence-corrected chi connectivity index (χ3v) is 2.58. The van der Waals surface area contributed by atoms with Crippen LogP contribution in [-0.4, -0.2) is 21.9 Å². The van der Waals surface area contributed by atoms with Crippen molar-refractivity contribution >= 4 is 34.5 Å². The number of rotatable bonds is 2. The Morgan fingerprint density at radius 1 is 1.53 bits per heavy atom. The Morgan fingerprint density at radius 2 is 2.24 bits per heavy atom. The maximum atomic E-state index is 12.0. The number of nitrogen functional groups attached to an aromatic ring is 1. The van der Waals surface area contributed by atoms with E-state index in [0.29, 0.717) is 21.6 Å². The minimum atomic E-state index is -0.248. The van der Waals surface area contributed by atoms with Crippen LogP contribution in [0.5, 0.6) is 0 Å². The number of nitrogens with zero attached hydrogens (tertiary/aromatic N) is 1. The third kappa shape index (κ3) is 2.19. The van der Waals surface area contributed by atoms with Gasteiger partial charge in [-0.1, -0.05) is 11.6 Å². The molecule has 17 heavy (non-hydrogen) atoms. The Hall–Kier alpha value is -1.75. The highest BCUT2D eigenvalue weighted by Gasteiger charge is 2.17. The van der Waals surface area contributed by atoms with Crippen LogP contribution in [0.25, 0.3) is 11.0 Å². The quantitative estimate of drug-likeness (QED) is 0.764. The number of aromatic amines is 1. The molecule has 2 rings (SSSR count). The molecule has 0 aliphatic carbocycles. The number of H-pyrrole nitrogens is 1. The van der Waals surface area contributed by atoms with Crippen molar-refractivity contribution in [1.29, 1.82) is 0 Å². The highest BCUT2D eigenvalue weighted by atomic mass is 35.5. The summed E-state index contributed by atoms with van der Waals surface area (Å²) >= 11 is 6.04. The molecule has 0 unspecified atom stereocenters. The third-order valence-electron chi connectivity index (χ3n) is 2.27. The molecule has 90 valence electrons. The molecule has 0 fully saturated rings. The normalized spacial score (nSPS) is 11.1. The van der Waals surface area contributed by atoms with E-state index in [2.05, 4.69) is 15.3 Å². The predicted octanol–water partition coefficient (Wildman–Crippen LogP) is 1.94. The van der Waals surface area contributed by atoms with Crippen molar-refractivity contribution in [2.75, 3.05) is 5.73 Å². The summed E-state index contributed by atoms with van der Waals surface area (Å²) in [6.07, 6.45) is 0. The number of carbonyl (C=O) groups is 1. The van der Waals surface area contributed by atoms with Crippen molar-refractivity contribution in [2.45, 2.75) is 19.9 Å². The summed E-state index contributed by atoms with van der Waals surface area (Å²) < 4.78 is 0. The second-order valence-electron chi connectivity index (χ2n) is 4.07. The number of fused-ring (bicyclic) bond motifs is 1. The minimum Gasteiger partial charge on any atom is -0.369 e. The largest absolute Gasteiger partial charge is 0.369 e. The van der Waals surface area contributed by atoms with Crippen LogP contribution in [0.1, 0.15) is 24.2 Å². The number of nitrogens with two attached hydrogens (primary N) is 1. The molecule has 0 atom stereocenters. The predicted molar refractivity (Wildman–Crippen MR) is 68.1 cm³/mol. The number of anilines is 1. The van der Waals surface area contributed by atoms with E-state index in [0.717, 1.165) is 0 Å². The maximum Gasteiger partial charge on any atom is 0.255 e. The zero-order valence-corrected chi connectivity index (χ0v) is 10.3. The molecule has 0 spiro atoms. The zero-order valence-electron chi connectivity index (χ0n) is 9.54. The first-order chi connectivity index (χ1) is 7.99. The molecule has 4 N–H and O–H groups in total. The molecule has 1 heterocycles. The fraction of sp³-hybridized carbons (Fsp3) is 0.273. The number of nitrogens with one attached hydrogen (secondary N) is 2. The van der Waals surface area contributed by atoms with Crippen molar-refractivity contribution in [3.8, 4) is 0 Å². The number of aromatic nitrogens is 2. The number of amides is 1. The van der Waals surface area contributed by atoms with E-state index in [1.807, 2.05) is 13.8 Å². The minimum absolute atomic E-state index is 0.0325. The second kappa shape index (κ2) is 4.25. The molecule has 1 amide bonds. The van der Waals surface area contributed by atoms with Gasteiger partial charge in [0.15, 0.2) is 5.95 Å². The van der Waals surface area contributed by atoms with E-state index in [4.69, 9.17) is 17.3 Å². The van der Waals surface area contributed by atoms with Crippen LogP contribution in [-0.2, 0) is 0 Å². The Kier molecular flexibility index (Phi) is 2.93. The van der Waals surface area contributed by atoms with Gasteiger partial charge in [-0.3, -0.25) is 4.79 Å². The van der Waals surface area contributed by atoms with Crippen LogP contribution in [0.15, 0.2) is 12.1 Å². The van der Waals surface area contributed by atoms with E-state index in [9.17, 15) is 4.79 Å². The molecular weight excluding hydrogens is 240 g/mol. The maximum absolute atomic E-state index is 12.0. The summed E-state index contributed by atoms with van der Waals surface area (Å²) in [4.78, 5) is 19.0. The van der Waals surface area contributed by atoms with Gasteiger partial charge in [-0.05, 0) is 26.0 Å². The van der Waals surface area contributed by atoms with Gasteiger partial charge >= 0.3 is 0 Å². The summed E-state index contributed by atoms with van der Waals surface area (Å²) in [7, 11) is 0. The van der Waals surface area contributed by atoms with Crippen molar-refractivity contribution in [3.63, 3.8) is 0 Å². The fourth-order valence-electron chi connectivity index (χ4n) is 1.62. The monoisotopic (exact) mass is 252 g/mol. The van der Waals surface area contributed by atoms with Gasteiger partial charge in [0.1, 0.15) is 5.52 Å². The van der Waals surface area contributed by atoms with E-state index >= 15 is 0 Å². The first-order valence-corrected chi connectivity index (χ1v) is 5.61. The van der Waals surface area contributed by atoms with E-state index in [1.165, 1.54) is 0 Å². The molecule has 6 heteroatoms. The molecule has 1 aromatic carbocycles. The molecule has 0 aliphatic rings. The lowest BCUT2D eigenvalue weighted by atomic mass is 10.1. The standard InChI is InChI=1S/C11H13ClN4O/c1-5(2)14-10(17)8-6(12)3-4-7-9(8)16-11(13)15-7/h3-5H,1-2H3,(H,14,17)(H3,13,15,16). The molecule has 0 saturated carbocycles. The molecule has 0 aliphatic heterocycles. The number of carbonyl (C=O) groups excluding carboxylic acids is 1. The van der Waals surface area contributed by atoms with Crippen molar-refractivity contribution in [3.05, 3.63) is 22.7 Å². The van der Waals surface area contributed by atoms with Crippen LogP contribution in [0, 0.1) is 0 Å². The molecule has 1 aromatic heterocycles. The Balaban J connectivity index is 2.58. The number of hydrogen-bond donors (Lipinski definition) is 3. The molecule has 0 radical (unpaired) electrons. The van der Waals surface area contributed by atoms with Crippen LogP contribution < -0.4 is 11.1 Å².